The first-order valence-electron chi connectivity index (χ1n) is 4.66. The van der Waals surface area contributed by atoms with E-state index in [4.69, 9.17) is 5.73 Å². The van der Waals surface area contributed by atoms with Gasteiger partial charge in [-0.2, -0.15) is 10.1 Å². The van der Waals surface area contributed by atoms with E-state index in [1.165, 1.54) is 6.33 Å². The lowest BCUT2D eigenvalue weighted by Crippen LogP contribution is -2.48. The van der Waals surface area contributed by atoms with Crippen LogP contribution in [0, 0.1) is 0 Å². The Labute approximate surface area is 81.3 Å². The van der Waals surface area contributed by atoms with Crippen molar-refractivity contribution in [3.05, 3.63) is 6.33 Å². The fraction of sp³-hybridized carbons (Fsp3) is 0.625. The molecule has 1 amide bonds. The fourth-order valence-corrected chi connectivity index (χ4v) is 1.73. The summed E-state index contributed by atoms with van der Waals surface area (Å²) in [6.07, 6.45) is 4.86. The number of H-pyrrole nitrogens is 1. The van der Waals surface area contributed by atoms with Crippen molar-refractivity contribution in [3.63, 3.8) is 0 Å². The molecule has 0 saturated heterocycles. The van der Waals surface area contributed by atoms with Crippen molar-refractivity contribution < 1.29 is 4.79 Å². The Balaban J connectivity index is 2.02. The Morgan fingerprint density at radius 2 is 2.29 bits per heavy atom. The zero-order chi connectivity index (χ0) is 10.0. The summed E-state index contributed by atoms with van der Waals surface area (Å²) >= 11 is 0. The standard InChI is InChI=1S/C8H13N5O/c9-8(3-1-2-4-8)6(14)12-7-10-5-11-13-7/h5H,1-4,9H2,(H2,10,11,12,13,14). The van der Waals surface area contributed by atoms with Crippen LogP contribution in [-0.4, -0.2) is 26.6 Å². The average molecular weight is 195 g/mol. The van der Waals surface area contributed by atoms with Crippen molar-refractivity contribution in [3.8, 4) is 0 Å². The van der Waals surface area contributed by atoms with Gasteiger partial charge in [0.25, 0.3) is 0 Å². The predicted molar refractivity (Wildman–Crippen MR) is 50.4 cm³/mol. The van der Waals surface area contributed by atoms with Crippen molar-refractivity contribution in [2.75, 3.05) is 5.32 Å². The lowest BCUT2D eigenvalue weighted by molar-refractivity contribution is -0.121. The molecule has 0 bridgehead atoms. The van der Waals surface area contributed by atoms with Gasteiger partial charge < -0.3 is 5.73 Å². The lowest BCUT2D eigenvalue weighted by atomic mass is 9.98. The van der Waals surface area contributed by atoms with Gasteiger partial charge in [0.05, 0.1) is 5.54 Å². The zero-order valence-electron chi connectivity index (χ0n) is 7.79. The van der Waals surface area contributed by atoms with E-state index in [1.807, 2.05) is 0 Å². The summed E-state index contributed by atoms with van der Waals surface area (Å²) in [7, 11) is 0. The number of amides is 1. The molecule has 14 heavy (non-hydrogen) atoms. The van der Waals surface area contributed by atoms with Crippen molar-refractivity contribution in [2.45, 2.75) is 31.2 Å². The van der Waals surface area contributed by atoms with Crippen LogP contribution < -0.4 is 11.1 Å². The van der Waals surface area contributed by atoms with Crippen LogP contribution in [-0.2, 0) is 4.79 Å². The van der Waals surface area contributed by atoms with Crippen molar-refractivity contribution >= 4 is 11.9 Å². The molecule has 1 heterocycles. The highest BCUT2D eigenvalue weighted by Gasteiger charge is 2.37. The van der Waals surface area contributed by atoms with E-state index >= 15 is 0 Å². The van der Waals surface area contributed by atoms with E-state index in [1.54, 1.807) is 0 Å². The smallest absolute Gasteiger partial charge is 0.246 e. The van der Waals surface area contributed by atoms with E-state index < -0.39 is 5.54 Å². The van der Waals surface area contributed by atoms with Crippen LogP contribution in [0.4, 0.5) is 5.95 Å². The van der Waals surface area contributed by atoms with Crippen LogP contribution in [0.5, 0.6) is 0 Å². The second-order valence-electron chi connectivity index (χ2n) is 3.65. The average Bonchev–Trinajstić information content (AvgIpc) is 2.76. The number of hydrogen-bond acceptors (Lipinski definition) is 4. The topological polar surface area (TPSA) is 96.7 Å². The third-order valence-electron chi connectivity index (χ3n) is 2.59. The molecule has 0 unspecified atom stereocenters. The third-order valence-corrected chi connectivity index (χ3v) is 2.59. The molecule has 76 valence electrons. The van der Waals surface area contributed by atoms with Crippen LogP contribution in [0.15, 0.2) is 6.33 Å². The highest BCUT2D eigenvalue weighted by atomic mass is 16.2. The van der Waals surface area contributed by atoms with E-state index in [0.717, 1.165) is 25.7 Å². The van der Waals surface area contributed by atoms with Gasteiger partial charge in [-0.1, -0.05) is 12.8 Å². The van der Waals surface area contributed by atoms with Gasteiger partial charge in [-0.05, 0) is 12.8 Å². The summed E-state index contributed by atoms with van der Waals surface area (Å²) in [5.74, 6) is 0.179. The number of nitrogens with zero attached hydrogens (tertiary/aromatic N) is 2. The van der Waals surface area contributed by atoms with Crippen molar-refractivity contribution in [1.82, 2.24) is 15.2 Å². The molecule has 0 radical (unpaired) electrons. The first-order chi connectivity index (χ1) is 6.71. The van der Waals surface area contributed by atoms with E-state index in [2.05, 4.69) is 20.5 Å². The SMILES string of the molecule is NC1(C(=O)Nc2ncn[nH]2)CCCC1. The number of aromatic nitrogens is 3. The number of anilines is 1. The second-order valence-corrected chi connectivity index (χ2v) is 3.65. The van der Waals surface area contributed by atoms with Gasteiger partial charge >= 0.3 is 0 Å². The summed E-state index contributed by atoms with van der Waals surface area (Å²) < 4.78 is 0. The van der Waals surface area contributed by atoms with Gasteiger partial charge in [0, 0.05) is 0 Å². The summed E-state index contributed by atoms with van der Waals surface area (Å²) in [6, 6.07) is 0. The van der Waals surface area contributed by atoms with Gasteiger partial charge in [-0.3, -0.25) is 10.1 Å². The Kier molecular flexibility index (Phi) is 2.20. The maximum atomic E-state index is 11.7. The quantitative estimate of drug-likeness (QED) is 0.619. The molecular formula is C8H13N5O. The maximum Gasteiger partial charge on any atom is 0.246 e. The zero-order valence-corrected chi connectivity index (χ0v) is 7.79. The fourth-order valence-electron chi connectivity index (χ4n) is 1.73. The predicted octanol–water partition coefficient (Wildman–Crippen LogP) is 0.0147. The highest BCUT2D eigenvalue weighted by molar-refractivity contribution is 5.96. The Hall–Kier alpha value is -1.43. The molecule has 6 heteroatoms. The summed E-state index contributed by atoms with van der Waals surface area (Å²) in [5.41, 5.74) is 5.23. The number of aromatic amines is 1. The van der Waals surface area contributed by atoms with Crippen LogP contribution >= 0.6 is 0 Å². The monoisotopic (exact) mass is 195 g/mol. The van der Waals surface area contributed by atoms with Gasteiger partial charge in [0.2, 0.25) is 11.9 Å². The molecule has 6 nitrogen and oxygen atoms in total. The maximum absolute atomic E-state index is 11.7. The summed E-state index contributed by atoms with van der Waals surface area (Å²) in [6.45, 7) is 0. The molecule has 1 fully saturated rings. The molecule has 1 aromatic rings. The largest absolute Gasteiger partial charge is 0.317 e. The number of carbonyl (C=O) groups excluding carboxylic acids is 1. The van der Waals surface area contributed by atoms with Crippen LogP contribution in [0.25, 0.3) is 0 Å². The number of hydrogen-bond donors (Lipinski definition) is 3. The molecular weight excluding hydrogens is 182 g/mol. The molecule has 1 aliphatic rings. The first-order valence-corrected chi connectivity index (χ1v) is 4.66. The molecule has 1 aliphatic carbocycles. The van der Waals surface area contributed by atoms with Gasteiger partial charge in [0.15, 0.2) is 0 Å². The van der Waals surface area contributed by atoms with Crippen LogP contribution in [0.3, 0.4) is 0 Å². The number of carbonyl (C=O) groups is 1. The molecule has 1 aromatic heterocycles. The number of nitrogens with two attached hydrogens (primary N) is 1. The Bertz CT molecular complexity index is 314. The summed E-state index contributed by atoms with van der Waals surface area (Å²) in [4.78, 5) is 15.5. The van der Waals surface area contributed by atoms with Gasteiger partial charge in [-0.25, -0.2) is 5.10 Å². The normalized spacial score (nSPS) is 19.5. The molecule has 4 N–H and O–H groups in total. The van der Waals surface area contributed by atoms with E-state index in [0.29, 0.717) is 5.95 Å². The minimum Gasteiger partial charge on any atom is -0.317 e. The van der Waals surface area contributed by atoms with Gasteiger partial charge in [0.1, 0.15) is 6.33 Å². The van der Waals surface area contributed by atoms with E-state index in [-0.39, 0.29) is 5.91 Å². The summed E-state index contributed by atoms with van der Waals surface area (Å²) in [5, 5.41) is 8.80. The highest BCUT2D eigenvalue weighted by Crippen LogP contribution is 2.27. The number of rotatable bonds is 2. The Morgan fingerprint density at radius 3 is 2.86 bits per heavy atom. The minimum absolute atomic E-state index is 0.174. The van der Waals surface area contributed by atoms with E-state index in [9.17, 15) is 4.79 Å². The van der Waals surface area contributed by atoms with Crippen LogP contribution in [0.2, 0.25) is 0 Å². The lowest BCUT2D eigenvalue weighted by Gasteiger charge is -2.20. The molecule has 0 aromatic carbocycles. The molecule has 1 saturated carbocycles. The van der Waals surface area contributed by atoms with Gasteiger partial charge in [-0.15, -0.1) is 0 Å². The third kappa shape index (κ3) is 1.60. The first kappa shape index (κ1) is 9.14. The van der Waals surface area contributed by atoms with Crippen LogP contribution in [0.1, 0.15) is 25.7 Å². The molecule has 0 spiro atoms. The minimum atomic E-state index is -0.715. The Morgan fingerprint density at radius 1 is 1.57 bits per heavy atom. The molecule has 2 rings (SSSR count). The van der Waals surface area contributed by atoms with Crippen molar-refractivity contribution in [1.29, 1.82) is 0 Å². The number of nitrogens with one attached hydrogen (secondary N) is 2. The second kappa shape index (κ2) is 3.38. The molecule has 0 atom stereocenters. The van der Waals surface area contributed by atoms with Crippen molar-refractivity contribution in [2.24, 2.45) is 5.73 Å². The molecule has 0 aliphatic heterocycles.